The van der Waals surface area contributed by atoms with Gasteiger partial charge in [-0.05, 0) is 44.2 Å². The monoisotopic (exact) mass is 317 g/mol. The molecule has 0 aliphatic carbocycles. The van der Waals surface area contributed by atoms with Gasteiger partial charge < -0.3 is 9.30 Å². The highest BCUT2D eigenvalue weighted by Crippen LogP contribution is 2.21. The van der Waals surface area contributed by atoms with Crippen molar-refractivity contribution in [3.8, 4) is 5.69 Å². The van der Waals surface area contributed by atoms with Gasteiger partial charge in [-0.2, -0.15) is 5.10 Å². The van der Waals surface area contributed by atoms with E-state index in [4.69, 9.17) is 16.3 Å². The predicted molar refractivity (Wildman–Crippen MR) is 90.2 cm³/mol. The molecule has 2 heterocycles. The molecule has 0 unspecified atom stereocenters. The molecule has 1 aromatic carbocycles. The van der Waals surface area contributed by atoms with Crippen molar-refractivity contribution in [2.75, 3.05) is 26.3 Å². The van der Waals surface area contributed by atoms with Crippen molar-refractivity contribution in [2.45, 2.75) is 13.8 Å². The molecule has 0 spiro atoms. The molecule has 1 aliphatic heterocycles. The van der Waals surface area contributed by atoms with Crippen LogP contribution in [0, 0.1) is 13.8 Å². The molecule has 1 fully saturated rings. The third kappa shape index (κ3) is 3.18. The van der Waals surface area contributed by atoms with Crippen molar-refractivity contribution in [1.29, 1.82) is 0 Å². The predicted octanol–water partition coefficient (Wildman–Crippen LogP) is 3.41. The Balaban J connectivity index is 1.86. The van der Waals surface area contributed by atoms with Gasteiger partial charge in [0.1, 0.15) is 0 Å². The van der Waals surface area contributed by atoms with Crippen molar-refractivity contribution in [3.63, 3.8) is 0 Å². The zero-order valence-electron chi connectivity index (χ0n) is 12.9. The lowest BCUT2D eigenvalue weighted by atomic mass is 10.2. The van der Waals surface area contributed by atoms with E-state index in [1.54, 1.807) is 0 Å². The van der Waals surface area contributed by atoms with Gasteiger partial charge in [0.25, 0.3) is 0 Å². The molecule has 0 radical (unpaired) electrons. The van der Waals surface area contributed by atoms with Crippen molar-refractivity contribution in [2.24, 2.45) is 5.10 Å². The molecule has 1 aliphatic rings. The molecule has 0 saturated carbocycles. The van der Waals surface area contributed by atoms with E-state index in [-0.39, 0.29) is 0 Å². The fourth-order valence-corrected chi connectivity index (χ4v) is 2.84. The number of ether oxygens (including phenoxy) is 1. The Morgan fingerprint density at radius 2 is 1.82 bits per heavy atom. The van der Waals surface area contributed by atoms with Gasteiger partial charge in [-0.15, -0.1) is 0 Å². The normalized spacial score (nSPS) is 15.7. The third-order valence-electron chi connectivity index (χ3n) is 3.90. The molecule has 2 aromatic rings. The molecular weight excluding hydrogens is 298 g/mol. The zero-order valence-corrected chi connectivity index (χ0v) is 13.7. The number of benzene rings is 1. The van der Waals surface area contributed by atoms with E-state index >= 15 is 0 Å². The second kappa shape index (κ2) is 6.55. The van der Waals surface area contributed by atoms with Crippen LogP contribution in [0.5, 0.6) is 0 Å². The summed E-state index contributed by atoms with van der Waals surface area (Å²) in [5, 5.41) is 7.37. The second-order valence-corrected chi connectivity index (χ2v) is 5.89. The van der Waals surface area contributed by atoms with Gasteiger partial charge in [-0.1, -0.05) is 11.6 Å². The van der Waals surface area contributed by atoms with Crippen LogP contribution in [0.15, 0.2) is 35.4 Å². The minimum absolute atomic E-state index is 0.750. The number of morpholine rings is 1. The Kier molecular flexibility index (Phi) is 4.50. The van der Waals surface area contributed by atoms with Crippen LogP contribution >= 0.6 is 11.6 Å². The summed E-state index contributed by atoms with van der Waals surface area (Å²) in [6.07, 6.45) is 1.94. The van der Waals surface area contributed by atoms with Crippen LogP contribution in [0.3, 0.4) is 0 Å². The number of hydrogen-bond acceptors (Lipinski definition) is 3. The number of hydrazone groups is 1. The molecule has 1 aromatic heterocycles. The Hall–Kier alpha value is -1.78. The standard InChI is InChI=1S/C17H20ClN3O/c1-13-11-15(12-19-20-7-9-22-10-8-20)14(2)21(13)17-5-3-16(18)4-6-17/h3-6,11-12H,7-10H2,1-2H3/b19-12+. The molecule has 1 saturated heterocycles. The quantitative estimate of drug-likeness (QED) is 0.812. The van der Waals surface area contributed by atoms with Gasteiger partial charge in [0, 0.05) is 27.7 Å². The van der Waals surface area contributed by atoms with Crippen molar-refractivity contribution >= 4 is 17.8 Å². The number of hydrogen-bond donors (Lipinski definition) is 0. The van der Waals surface area contributed by atoms with Crippen LogP contribution in [0.25, 0.3) is 5.69 Å². The first-order valence-electron chi connectivity index (χ1n) is 7.47. The Morgan fingerprint density at radius 1 is 1.14 bits per heavy atom. The fourth-order valence-electron chi connectivity index (χ4n) is 2.72. The molecule has 4 nitrogen and oxygen atoms in total. The first-order valence-corrected chi connectivity index (χ1v) is 7.84. The van der Waals surface area contributed by atoms with Crippen LogP contribution < -0.4 is 0 Å². The highest BCUT2D eigenvalue weighted by Gasteiger charge is 2.11. The van der Waals surface area contributed by atoms with Crippen LogP contribution in [-0.2, 0) is 4.74 Å². The molecule has 0 N–H and O–H groups in total. The summed E-state index contributed by atoms with van der Waals surface area (Å²) in [5.74, 6) is 0. The van der Waals surface area contributed by atoms with Crippen molar-refractivity contribution in [3.05, 3.63) is 52.3 Å². The summed E-state index contributed by atoms with van der Waals surface area (Å²) in [6, 6.07) is 10.1. The molecule has 5 heteroatoms. The molecule has 0 amide bonds. The maximum Gasteiger partial charge on any atom is 0.0659 e. The maximum atomic E-state index is 5.97. The minimum atomic E-state index is 0.750. The van der Waals surface area contributed by atoms with Gasteiger partial charge in [0.05, 0.1) is 32.5 Å². The molecule has 0 atom stereocenters. The SMILES string of the molecule is Cc1cc(/C=N/N2CCOCC2)c(C)n1-c1ccc(Cl)cc1. The number of rotatable bonds is 3. The number of halogens is 1. The van der Waals surface area contributed by atoms with E-state index < -0.39 is 0 Å². The largest absolute Gasteiger partial charge is 0.378 e. The second-order valence-electron chi connectivity index (χ2n) is 5.45. The van der Waals surface area contributed by atoms with E-state index in [0.717, 1.165) is 42.6 Å². The number of aromatic nitrogens is 1. The smallest absolute Gasteiger partial charge is 0.0659 e. The van der Waals surface area contributed by atoms with E-state index in [9.17, 15) is 0 Å². The van der Waals surface area contributed by atoms with E-state index in [1.807, 2.05) is 30.5 Å². The summed E-state index contributed by atoms with van der Waals surface area (Å²) >= 11 is 5.97. The topological polar surface area (TPSA) is 29.8 Å². The fraction of sp³-hybridized carbons (Fsp3) is 0.353. The lowest BCUT2D eigenvalue weighted by Crippen LogP contribution is -2.32. The minimum Gasteiger partial charge on any atom is -0.378 e. The van der Waals surface area contributed by atoms with Crippen LogP contribution in [0.1, 0.15) is 17.0 Å². The molecule has 22 heavy (non-hydrogen) atoms. The van der Waals surface area contributed by atoms with E-state index in [1.165, 1.54) is 11.4 Å². The molecule has 3 rings (SSSR count). The summed E-state index contributed by atoms with van der Waals surface area (Å²) in [6.45, 7) is 7.43. The van der Waals surface area contributed by atoms with Crippen LogP contribution in [0.4, 0.5) is 0 Å². The average molecular weight is 318 g/mol. The lowest BCUT2D eigenvalue weighted by Gasteiger charge is -2.23. The first kappa shape index (κ1) is 15.1. The van der Waals surface area contributed by atoms with Crippen LogP contribution in [0.2, 0.25) is 5.02 Å². The number of aryl methyl sites for hydroxylation is 1. The zero-order chi connectivity index (χ0) is 15.5. The van der Waals surface area contributed by atoms with Gasteiger partial charge >= 0.3 is 0 Å². The summed E-state index contributed by atoms with van der Waals surface area (Å²) in [7, 11) is 0. The van der Waals surface area contributed by atoms with E-state index in [2.05, 4.69) is 34.6 Å². The van der Waals surface area contributed by atoms with Crippen molar-refractivity contribution < 1.29 is 4.74 Å². The summed E-state index contributed by atoms with van der Waals surface area (Å²) in [4.78, 5) is 0. The molecular formula is C17H20ClN3O. The lowest BCUT2D eigenvalue weighted by molar-refractivity contribution is 0.0397. The van der Waals surface area contributed by atoms with Gasteiger partial charge in [0.2, 0.25) is 0 Å². The van der Waals surface area contributed by atoms with Gasteiger partial charge in [-0.25, -0.2) is 0 Å². The van der Waals surface area contributed by atoms with Gasteiger partial charge in [0.15, 0.2) is 0 Å². The Labute approximate surface area is 135 Å². The molecule has 0 bridgehead atoms. The van der Waals surface area contributed by atoms with Crippen molar-refractivity contribution in [1.82, 2.24) is 9.58 Å². The van der Waals surface area contributed by atoms with E-state index in [0.29, 0.717) is 0 Å². The highest BCUT2D eigenvalue weighted by molar-refractivity contribution is 6.30. The number of nitrogens with zero attached hydrogens (tertiary/aromatic N) is 3. The molecule has 116 valence electrons. The average Bonchev–Trinajstić information content (AvgIpc) is 2.82. The summed E-state index contributed by atoms with van der Waals surface area (Å²) < 4.78 is 7.55. The van der Waals surface area contributed by atoms with Crippen LogP contribution in [-0.4, -0.2) is 42.1 Å². The Morgan fingerprint density at radius 3 is 2.50 bits per heavy atom. The third-order valence-corrected chi connectivity index (χ3v) is 4.15. The summed E-state index contributed by atoms with van der Waals surface area (Å²) in [5.41, 5.74) is 4.62. The van der Waals surface area contributed by atoms with Gasteiger partial charge in [-0.3, -0.25) is 5.01 Å². The first-order chi connectivity index (χ1) is 10.6. The highest BCUT2D eigenvalue weighted by atomic mass is 35.5. The Bertz CT molecular complexity index is 670. The maximum absolute atomic E-state index is 5.97.